The van der Waals surface area contributed by atoms with Crippen LogP contribution in [0.15, 0.2) is 0 Å². The van der Waals surface area contributed by atoms with E-state index >= 15 is 0 Å². The molecular formula is C7H12N2O2. The highest BCUT2D eigenvalue weighted by Gasteiger charge is 2.31. The molecule has 0 saturated heterocycles. The lowest BCUT2D eigenvalue weighted by molar-refractivity contribution is -0.125. The SMILES string of the molecule is NC(=O)C(N)CC(=O)C1CC1. The number of hydrogen-bond donors (Lipinski definition) is 2. The molecule has 1 fully saturated rings. The fourth-order valence-electron chi connectivity index (χ4n) is 0.889. The van der Waals surface area contributed by atoms with Gasteiger partial charge in [-0.3, -0.25) is 9.59 Å². The molecule has 0 aromatic rings. The minimum Gasteiger partial charge on any atom is -0.368 e. The summed E-state index contributed by atoms with van der Waals surface area (Å²) in [6.45, 7) is 0. The monoisotopic (exact) mass is 156 g/mol. The van der Waals surface area contributed by atoms with Gasteiger partial charge in [0.05, 0.1) is 6.04 Å². The standard InChI is InChI=1S/C7H12N2O2/c8-5(7(9)11)3-6(10)4-1-2-4/h4-5H,1-3,8H2,(H2,9,11). The molecule has 11 heavy (non-hydrogen) atoms. The first-order chi connectivity index (χ1) is 5.11. The molecule has 1 aliphatic rings. The Morgan fingerprint density at radius 2 is 2.00 bits per heavy atom. The second-order valence-electron chi connectivity index (χ2n) is 2.95. The minimum absolute atomic E-state index is 0.0799. The molecule has 62 valence electrons. The molecule has 4 heteroatoms. The van der Waals surface area contributed by atoms with Crippen molar-refractivity contribution in [3.63, 3.8) is 0 Å². The maximum absolute atomic E-state index is 11.0. The highest BCUT2D eigenvalue weighted by Crippen LogP contribution is 2.30. The van der Waals surface area contributed by atoms with Crippen molar-refractivity contribution in [1.29, 1.82) is 0 Å². The van der Waals surface area contributed by atoms with E-state index in [0.29, 0.717) is 0 Å². The van der Waals surface area contributed by atoms with E-state index in [1.165, 1.54) is 0 Å². The van der Waals surface area contributed by atoms with Crippen LogP contribution in [0.4, 0.5) is 0 Å². The van der Waals surface area contributed by atoms with Gasteiger partial charge < -0.3 is 11.5 Å². The summed E-state index contributed by atoms with van der Waals surface area (Å²) in [5.41, 5.74) is 10.2. The average Bonchev–Trinajstić information content (AvgIpc) is 2.67. The van der Waals surface area contributed by atoms with E-state index in [0.717, 1.165) is 12.8 Å². The molecule has 0 aromatic heterocycles. The van der Waals surface area contributed by atoms with Gasteiger partial charge in [-0.15, -0.1) is 0 Å². The molecule has 0 bridgehead atoms. The summed E-state index contributed by atoms with van der Waals surface area (Å²) in [5.74, 6) is -0.351. The van der Waals surface area contributed by atoms with Gasteiger partial charge in [0.25, 0.3) is 0 Å². The summed E-state index contributed by atoms with van der Waals surface area (Å²) in [6.07, 6.45) is 2.01. The zero-order valence-corrected chi connectivity index (χ0v) is 6.25. The van der Waals surface area contributed by atoms with Crippen molar-refractivity contribution in [1.82, 2.24) is 0 Å². The van der Waals surface area contributed by atoms with E-state index < -0.39 is 11.9 Å². The van der Waals surface area contributed by atoms with Gasteiger partial charge in [-0.25, -0.2) is 0 Å². The first-order valence-electron chi connectivity index (χ1n) is 3.69. The predicted octanol–water partition coefficient (Wildman–Crippen LogP) is -0.832. The number of primary amides is 1. The van der Waals surface area contributed by atoms with Gasteiger partial charge in [0.1, 0.15) is 5.78 Å². The molecule has 1 amide bonds. The minimum atomic E-state index is -0.789. The fourth-order valence-corrected chi connectivity index (χ4v) is 0.889. The van der Waals surface area contributed by atoms with E-state index in [2.05, 4.69) is 0 Å². The first kappa shape index (κ1) is 8.20. The maximum atomic E-state index is 11.0. The van der Waals surface area contributed by atoms with Crippen LogP contribution in [0.1, 0.15) is 19.3 Å². The molecule has 4 nitrogen and oxygen atoms in total. The van der Waals surface area contributed by atoms with Crippen molar-refractivity contribution in [3.05, 3.63) is 0 Å². The second kappa shape index (κ2) is 3.00. The predicted molar refractivity (Wildman–Crippen MR) is 39.5 cm³/mol. The van der Waals surface area contributed by atoms with E-state index in [1.54, 1.807) is 0 Å². The Hall–Kier alpha value is -0.900. The van der Waals surface area contributed by atoms with E-state index in [4.69, 9.17) is 11.5 Å². The van der Waals surface area contributed by atoms with Gasteiger partial charge in [-0.1, -0.05) is 0 Å². The molecule has 0 aliphatic heterocycles. The summed E-state index contributed by atoms with van der Waals surface area (Å²) in [7, 11) is 0. The lowest BCUT2D eigenvalue weighted by atomic mass is 10.1. The topological polar surface area (TPSA) is 86.2 Å². The lowest BCUT2D eigenvalue weighted by Gasteiger charge is -2.04. The highest BCUT2D eigenvalue weighted by atomic mass is 16.1. The zero-order valence-electron chi connectivity index (χ0n) is 6.25. The molecule has 1 aliphatic carbocycles. The third-order valence-corrected chi connectivity index (χ3v) is 1.82. The van der Waals surface area contributed by atoms with Crippen LogP contribution in [-0.2, 0) is 9.59 Å². The van der Waals surface area contributed by atoms with E-state index in [1.807, 2.05) is 0 Å². The molecule has 0 heterocycles. The number of nitrogens with two attached hydrogens (primary N) is 2. The molecule has 1 atom stereocenters. The van der Waals surface area contributed by atoms with Crippen LogP contribution in [-0.4, -0.2) is 17.7 Å². The number of hydrogen-bond acceptors (Lipinski definition) is 3. The van der Waals surface area contributed by atoms with Gasteiger partial charge in [-0.05, 0) is 12.8 Å². The Morgan fingerprint density at radius 1 is 1.45 bits per heavy atom. The molecule has 1 saturated carbocycles. The summed E-state index contributed by atoms with van der Waals surface area (Å²) < 4.78 is 0. The lowest BCUT2D eigenvalue weighted by Crippen LogP contribution is -2.38. The summed E-state index contributed by atoms with van der Waals surface area (Å²) >= 11 is 0. The van der Waals surface area contributed by atoms with Crippen molar-refractivity contribution in [2.45, 2.75) is 25.3 Å². The van der Waals surface area contributed by atoms with Crippen molar-refractivity contribution in [2.24, 2.45) is 17.4 Å². The molecule has 1 unspecified atom stereocenters. The Morgan fingerprint density at radius 3 is 2.36 bits per heavy atom. The number of ketones is 1. The van der Waals surface area contributed by atoms with E-state index in [9.17, 15) is 9.59 Å². The van der Waals surface area contributed by atoms with Crippen LogP contribution in [0.2, 0.25) is 0 Å². The Balaban J connectivity index is 2.28. The molecule has 0 aromatic carbocycles. The third-order valence-electron chi connectivity index (χ3n) is 1.82. The average molecular weight is 156 g/mol. The number of rotatable bonds is 4. The van der Waals surface area contributed by atoms with Crippen LogP contribution in [0.3, 0.4) is 0 Å². The quantitative estimate of drug-likeness (QED) is 0.557. The Labute approximate surface area is 64.9 Å². The van der Waals surface area contributed by atoms with E-state index in [-0.39, 0.29) is 18.1 Å². The van der Waals surface area contributed by atoms with Crippen molar-refractivity contribution < 1.29 is 9.59 Å². The highest BCUT2D eigenvalue weighted by molar-refractivity contribution is 5.90. The van der Waals surface area contributed by atoms with Gasteiger partial charge in [0, 0.05) is 12.3 Å². The largest absolute Gasteiger partial charge is 0.368 e. The number of amides is 1. The molecule has 0 spiro atoms. The number of Topliss-reactive ketones (excluding diaryl/α,β-unsaturated/α-hetero) is 1. The van der Waals surface area contributed by atoms with Crippen LogP contribution in [0, 0.1) is 5.92 Å². The Kier molecular flexibility index (Phi) is 2.24. The van der Waals surface area contributed by atoms with Crippen molar-refractivity contribution in [3.8, 4) is 0 Å². The van der Waals surface area contributed by atoms with Crippen LogP contribution < -0.4 is 11.5 Å². The van der Waals surface area contributed by atoms with Crippen LogP contribution >= 0.6 is 0 Å². The number of carbonyl (C=O) groups excluding carboxylic acids is 2. The fraction of sp³-hybridized carbons (Fsp3) is 0.714. The smallest absolute Gasteiger partial charge is 0.234 e. The summed E-state index contributed by atoms with van der Waals surface area (Å²) in [6, 6.07) is -0.789. The number of carbonyl (C=O) groups is 2. The summed E-state index contributed by atoms with van der Waals surface area (Å²) in [4.78, 5) is 21.5. The molecule has 4 N–H and O–H groups in total. The first-order valence-corrected chi connectivity index (χ1v) is 3.69. The molecule has 1 rings (SSSR count). The maximum Gasteiger partial charge on any atom is 0.234 e. The molecular weight excluding hydrogens is 144 g/mol. The Bertz CT molecular complexity index is 187. The van der Waals surface area contributed by atoms with Gasteiger partial charge >= 0.3 is 0 Å². The van der Waals surface area contributed by atoms with Crippen LogP contribution in [0.25, 0.3) is 0 Å². The second-order valence-corrected chi connectivity index (χ2v) is 2.95. The van der Waals surface area contributed by atoms with Gasteiger partial charge in [0.2, 0.25) is 5.91 Å². The van der Waals surface area contributed by atoms with Crippen molar-refractivity contribution >= 4 is 11.7 Å². The van der Waals surface area contributed by atoms with Gasteiger partial charge in [-0.2, -0.15) is 0 Å². The third kappa shape index (κ3) is 2.31. The van der Waals surface area contributed by atoms with Crippen molar-refractivity contribution in [2.75, 3.05) is 0 Å². The molecule has 0 radical (unpaired) electrons. The van der Waals surface area contributed by atoms with Gasteiger partial charge in [0.15, 0.2) is 0 Å². The van der Waals surface area contributed by atoms with Crippen LogP contribution in [0.5, 0.6) is 0 Å². The zero-order chi connectivity index (χ0) is 8.43. The summed E-state index contributed by atoms with van der Waals surface area (Å²) in [5, 5.41) is 0. The normalized spacial score (nSPS) is 19.4.